The molecule has 2 atom stereocenters. The second-order valence-electron chi connectivity index (χ2n) is 3.99. The minimum atomic E-state index is -0.176. The summed E-state index contributed by atoms with van der Waals surface area (Å²) in [6, 6.07) is 9.60. The molecule has 0 aliphatic heterocycles. The van der Waals surface area contributed by atoms with Crippen LogP contribution in [0, 0.1) is 0 Å². The molecule has 6 nitrogen and oxygen atoms in total. The minimum Gasteiger partial charge on any atom is -0.380 e. The molecule has 2 rings (SSSR count). The Morgan fingerprint density at radius 2 is 2.06 bits per heavy atom. The van der Waals surface area contributed by atoms with Crippen LogP contribution in [-0.4, -0.2) is 28.2 Å². The van der Waals surface area contributed by atoms with Crippen molar-refractivity contribution in [2.45, 2.75) is 19.1 Å². The van der Waals surface area contributed by atoms with Gasteiger partial charge in [-0.25, -0.2) is 10.1 Å². The second-order valence-corrected chi connectivity index (χ2v) is 3.99. The van der Waals surface area contributed by atoms with Crippen LogP contribution in [0.2, 0.25) is 0 Å². The summed E-state index contributed by atoms with van der Waals surface area (Å²) in [4.78, 5) is 0. The summed E-state index contributed by atoms with van der Waals surface area (Å²) < 4.78 is 7.06. The van der Waals surface area contributed by atoms with Crippen molar-refractivity contribution >= 4 is 0 Å². The van der Waals surface area contributed by atoms with Crippen molar-refractivity contribution in [1.29, 1.82) is 0 Å². The van der Waals surface area contributed by atoms with Crippen LogP contribution in [-0.2, 0) is 4.74 Å². The number of ether oxygens (including phenoxy) is 1. The molecule has 1 aromatic carbocycles. The fourth-order valence-corrected chi connectivity index (χ4v) is 1.82. The van der Waals surface area contributed by atoms with Gasteiger partial charge in [0.2, 0.25) is 0 Å². The van der Waals surface area contributed by atoms with Crippen LogP contribution in [0.5, 0.6) is 0 Å². The van der Waals surface area contributed by atoms with E-state index >= 15 is 0 Å². The Balaban J connectivity index is 2.38. The van der Waals surface area contributed by atoms with E-state index in [1.54, 1.807) is 18.0 Å². The van der Waals surface area contributed by atoms with Crippen molar-refractivity contribution in [2.75, 3.05) is 7.11 Å². The number of nitrogens with zero attached hydrogens (tertiary/aromatic N) is 3. The number of hydrogen-bond donors (Lipinski definition) is 2. The SMILES string of the molecule is COC(C)C(NN)c1cnnn1-c1ccccc1. The van der Waals surface area contributed by atoms with E-state index in [0.29, 0.717) is 0 Å². The Bertz CT molecular complexity index is 484. The monoisotopic (exact) mass is 247 g/mol. The van der Waals surface area contributed by atoms with Gasteiger partial charge in [0.05, 0.1) is 29.7 Å². The molecule has 0 saturated carbocycles. The van der Waals surface area contributed by atoms with Crippen LogP contribution in [0.15, 0.2) is 36.5 Å². The van der Waals surface area contributed by atoms with Crippen molar-refractivity contribution in [1.82, 2.24) is 20.4 Å². The lowest BCUT2D eigenvalue weighted by molar-refractivity contribution is 0.0809. The van der Waals surface area contributed by atoms with Gasteiger partial charge in [-0.1, -0.05) is 23.4 Å². The number of benzene rings is 1. The first-order chi connectivity index (χ1) is 8.77. The molecule has 0 amide bonds. The van der Waals surface area contributed by atoms with Crippen molar-refractivity contribution in [3.8, 4) is 5.69 Å². The van der Waals surface area contributed by atoms with E-state index in [9.17, 15) is 0 Å². The largest absolute Gasteiger partial charge is 0.380 e. The first kappa shape index (κ1) is 12.7. The molecule has 0 spiro atoms. The molecule has 2 aromatic rings. The molecule has 0 aliphatic rings. The Kier molecular flexibility index (Phi) is 4.03. The molecule has 3 N–H and O–H groups in total. The maximum absolute atomic E-state index is 5.59. The first-order valence-electron chi connectivity index (χ1n) is 5.73. The molecule has 0 saturated heterocycles. The molecule has 0 aliphatic carbocycles. The third kappa shape index (κ3) is 2.40. The van der Waals surface area contributed by atoms with E-state index in [-0.39, 0.29) is 12.1 Å². The van der Waals surface area contributed by atoms with Crippen LogP contribution >= 0.6 is 0 Å². The van der Waals surface area contributed by atoms with Crippen LogP contribution in [0.1, 0.15) is 18.7 Å². The standard InChI is InChI=1S/C12H17N5O/c1-9(18-2)12(15-13)11-8-14-16-17(11)10-6-4-3-5-7-10/h3-9,12,15H,13H2,1-2H3. The Morgan fingerprint density at radius 3 is 2.67 bits per heavy atom. The zero-order chi connectivity index (χ0) is 13.0. The molecule has 0 bridgehead atoms. The zero-order valence-electron chi connectivity index (χ0n) is 10.4. The molecule has 1 heterocycles. The highest BCUT2D eigenvalue weighted by Gasteiger charge is 2.22. The van der Waals surface area contributed by atoms with Gasteiger partial charge in [-0.05, 0) is 19.1 Å². The predicted octanol–water partition coefficient (Wildman–Crippen LogP) is 0.807. The van der Waals surface area contributed by atoms with Gasteiger partial charge in [0.15, 0.2) is 0 Å². The van der Waals surface area contributed by atoms with E-state index in [1.165, 1.54) is 0 Å². The Morgan fingerprint density at radius 1 is 1.33 bits per heavy atom. The summed E-state index contributed by atoms with van der Waals surface area (Å²) in [5.41, 5.74) is 4.54. The summed E-state index contributed by atoms with van der Waals surface area (Å²) >= 11 is 0. The lowest BCUT2D eigenvalue weighted by Gasteiger charge is -2.22. The fraction of sp³-hybridized carbons (Fsp3) is 0.333. The van der Waals surface area contributed by atoms with Gasteiger partial charge >= 0.3 is 0 Å². The van der Waals surface area contributed by atoms with Crippen LogP contribution in [0.25, 0.3) is 5.69 Å². The zero-order valence-corrected chi connectivity index (χ0v) is 10.4. The van der Waals surface area contributed by atoms with Gasteiger partial charge < -0.3 is 4.74 Å². The third-order valence-electron chi connectivity index (χ3n) is 2.92. The quantitative estimate of drug-likeness (QED) is 0.604. The normalized spacial score (nSPS) is 14.4. The van der Waals surface area contributed by atoms with Crippen molar-refractivity contribution < 1.29 is 4.74 Å². The van der Waals surface area contributed by atoms with Gasteiger partial charge in [0.25, 0.3) is 0 Å². The lowest BCUT2D eigenvalue weighted by atomic mass is 10.1. The smallest absolute Gasteiger partial charge is 0.0908 e. The highest BCUT2D eigenvalue weighted by atomic mass is 16.5. The van der Waals surface area contributed by atoms with Crippen molar-refractivity contribution in [3.05, 3.63) is 42.2 Å². The number of aromatic nitrogens is 3. The molecule has 0 fully saturated rings. The topological polar surface area (TPSA) is 78.0 Å². The Labute approximate surface area is 106 Å². The highest BCUT2D eigenvalue weighted by Crippen LogP contribution is 2.19. The summed E-state index contributed by atoms with van der Waals surface area (Å²) in [6.07, 6.45) is 1.60. The van der Waals surface area contributed by atoms with Gasteiger partial charge in [-0.15, -0.1) is 5.10 Å². The highest BCUT2D eigenvalue weighted by molar-refractivity contribution is 5.32. The summed E-state index contributed by atoms with van der Waals surface area (Å²) in [5.74, 6) is 5.59. The van der Waals surface area contributed by atoms with Crippen molar-refractivity contribution in [3.63, 3.8) is 0 Å². The minimum absolute atomic E-state index is 0.0871. The number of nitrogens with two attached hydrogens (primary N) is 1. The van der Waals surface area contributed by atoms with Gasteiger partial charge in [0, 0.05) is 7.11 Å². The van der Waals surface area contributed by atoms with Gasteiger partial charge in [-0.3, -0.25) is 5.84 Å². The number of nitrogens with one attached hydrogen (secondary N) is 1. The Hall–Kier alpha value is -1.76. The third-order valence-corrected chi connectivity index (χ3v) is 2.92. The number of para-hydroxylation sites is 1. The molecule has 6 heteroatoms. The maximum atomic E-state index is 5.59. The summed E-state index contributed by atoms with van der Waals surface area (Å²) in [5, 5.41) is 8.03. The number of rotatable bonds is 5. The number of hydrogen-bond acceptors (Lipinski definition) is 5. The van der Waals surface area contributed by atoms with Crippen LogP contribution in [0.4, 0.5) is 0 Å². The van der Waals surface area contributed by atoms with E-state index < -0.39 is 0 Å². The van der Waals surface area contributed by atoms with E-state index in [4.69, 9.17) is 10.6 Å². The maximum Gasteiger partial charge on any atom is 0.0908 e. The summed E-state index contributed by atoms with van der Waals surface area (Å²) in [6.45, 7) is 1.94. The molecular formula is C12H17N5O. The van der Waals surface area contributed by atoms with E-state index in [2.05, 4.69) is 15.7 Å². The molecular weight excluding hydrogens is 230 g/mol. The molecule has 2 unspecified atom stereocenters. The number of hydrazine groups is 1. The predicted molar refractivity (Wildman–Crippen MR) is 67.9 cm³/mol. The molecule has 0 radical (unpaired) electrons. The van der Waals surface area contributed by atoms with Gasteiger partial charge in [-0.2, -0.15) is 0 Å². The molecule has 96 valence electrons. The average molecular weight is 247 g/mol. The fourth-order valence-electron chi connectivity index (χ4n) is 1.82. The van der Waals surface area contributed by atoms with Crippen LogP contribution in [0.3, 0.4) is 0 Å². The average Bonchev–Trinajstić information content (AvgIpc) is 2.89. The summed E-state index contributed by atoms with van der Waals surface area (Å²) in [7, 11) is 1.64. The first-order valence-corrected chi connectivity index (χ1v) is 5.73. The van der Waals surface area contributed by atoms with Gasteiger partial charge in [0.1, 0.15) is 0 Å². The van der Waals surface area contributed by atoms with E-state index in [1.807, 2.05) is 37.3 Å². The van der Waals surface area contributed by atoms with Crippen molar-refractivity contribution in [2.24, 2.45) is 5.84 Å². The number of methoxy groups -OCH3 is 1. The molecule has 18 heavy (non-hydrogen) atoms. The van der Waals surface area contributed by atoms with E-state index in [0.717, 1.165) is 11.4 Å². The molecule has 1 aromatic heterocycles. The van der Waals surface area contributed by atoms with Crippen LogP contribution < -0.4 is 11.3 Å². The second kappa shape index (κ2) is 5.72. The lowest BCUT2D eigenvalue weighted by Crippen LogP contribution is -2.37.